The normalized spacial score (nSPS) is 12.2. The van der Waals surface area contributed by atoms with Crippen LogP contribution in [-0.2, 0) is 0 Å². The Hall–Kier alpha value is -0.310. The standard InChI is InChI=1S/C15H17BrINO2S/c1-3-19-12-6-10(11(16)7-13(12)20-4-2)15(18)9-5-14(17)21-8-9/h5-8,15H,3-4,18H2,1-2H3. The molecule has 0 aliphatic rings. The molecule has 1 heterocycles. The summed E-state index contributed by atoms with van der Waals surface area (Å²) in [6.45, 7) is 5.10. The van der Waals surface area contributed by atoms with Crippen LogP contribution >= 0.6 is 49.9 Å². The second-order valence-corrected chi connectivity index (χ2v) is 8.01. The van der Waals surface area contributed by atoms with Gasteiger partial charge in [-0.3, -0.25) is 0 Å². The van der Waals surface area contributed by atoms with Crippen molar-refractivity contribution in [3.63, 3.8) is 0 Å². The van der Waals surface area contributed by atoms with Crippen molar-refractivity contribution in [2.75, 3.05) is 13.2 Å². The molecule has 0 aliphatic carbocycles. The molecule has 0 aliphatic heterocycles. The summed E-state index contributed by atoms with van der Waals surface area (Å²) in [7, 11) is 0. The van der Waals surface area contributed by atoms with Crippen molar-refractivity contribution in [1.29, 1.82) is 0 Å². The summed E-state index contributed by atoms with van der Waals surface area (Å²) in [5.41, 5.74) is 8.50. The van der Waals surface area contributed by atoms with Gasteiger partial charge in [-0.2, -0.15) is 0 Å². The van der Waals surface area contributed by atoms with E-state index in [9.17, 15) is 0 Å². The van der Waals surface area contributed by atoms with Crippen molar-refractivity contribution in [3.8, 4) is 11.5 Å². The minimum atomic E-state index is -0.186. The highest BCUT2D eigenvalue weighted by Crippen LogP contribution is 2.38. The van der Waals surface area contributed by atoms with Gasteiger partial charge in [0.25, 0.3) is 0 Å². The molecule has 1 unspecified atom stereocenters. The zero-order chi connectivity index (χ0) is 15.4. The molecule has 0 amide bonds. The van der Waals surface area contributed by atoms with Crippen LogP contribution in [0, 0.1) is 2.88 Å². The van der Waals surface area contributed by atoms with Gasteiger partial charge in [0.1, 0.15) is 0 Å². The smallest absolute Gasteiger partial charge is 0.162 e. The molecular formula is C15H17BrINO2S. The minimum absolute atomic E-state index is 0.186. The number of thiophene rings is 1. The Balaban J connectivity index is 2.40. The molecule has 3 nitrogen and oxygen atoms in total. The fourth-order valence-corrected chi connectivity index (χ4v) is 3.97. The van der Waals surface area contributed by atoms with Gasteiger partial charge >= 0.3 is 0 Å². The van der Waals surface area contributed by atoms with E-state index in [-0.39, 0.29) is 6.04 Å². The third-order valence-corrected chi connectivity index (χ3v) is 5.44. The zero-order valence-corrected chi connectivity index (χ0v) is 16.4. The number of ether oxygens (including phenoxy) is 2. The van der Waals surface area contributed by atoms with Crippen LogP contribution in [0.2, 0.25) is 0 Å². The molecule has 2 aromatic rings. The van der Waals surface area contributed by atoms with Crippen LogP contribution in [0.3, 0.4) is 0 Å². The molecule has 114 valence electrons. The van der Waals surface area contributed by atoms with Gasteiger partial charge in [-0.25, -0.2) is 0 Å². The van der Waals surface area contributed by atoms with Gasteiger partial charge in [-0.05, 0) is 71.1 Å². The lowest BCUT2D eigenvalue weighted by Gasteiger charge is -2.17. The maximum absolute atomic E-state index is 6.40. The molecule has 0 saturated carbocycles. The summed E-state index contributed by atoms with van der Waals surface area (Å²) in [5.74, 6) is 1.47. The topological polar surface area (TPSA) is 44.5 Å². The van der Waals surface area contributed by atoms with Crippen LogP contribution in [0.25, 0.3) is 0 Å². The van der Waals surface area contributed by atoms with Crippen molar-refractivity contribution in [3.05, 3.63) is 42.1 Å². The van der Waals surface area contributed by atoms with Crippen molar-refractivity contribution in [2.24, 2.45) is 5.73 Å². The first-order valence-corrected chi connectivity index (χ1v) is 9.40. The Kier molecular flexibility index (Phi) is 6.34. The molecule has 0 fully saturated rings. The van der Waals surface area contributed by atoms with E-state index in [4.69, 9.17) is 15.2 Å². The van der Waals surface area contributed by atoms with Crippen molar-refractivity contribution >= 4 is 49.9 Å². The molecule has 0 saturated heterocycles. The molecular weight excluding hydrogens is 465 g/mol. The highest BCUT2D eigenvalue weighted by Gasteiger charge is 2.18. The molecule has 2 rings (SSSR count). The van der Waals surface area contributed by atoms with Crippen molar-refractivity contribution in [2.45, 2.75) is 19.9 Å². The number of benzene rings is 1. The molecule has 1 aromatic heterocycles. The van der Waals surface area contributed by atoms with E-state index in [1.54, 1.807) is 11.3 Å². The summed E-state index contributed by atoms with van der Waals surface area (Å²) >= 11 is 7.59. The molecule has 1 aromatic carbocycles. The quantitative estimate of drug-likeness (QED) is 0.593. The summed E-state index contributed by atoms with van der Waals surface area (Å²) < 4.78 is 13.5. The first-order chi connectivity index (χ1) is 10.1. The maximum Gasteiger partial charge on any atom is 0.162 e. The first kappa shape index (κ1) is 17.1. The largest absolute Gasteiger partial charge is 0.490 e. The molecule has 21 heavy (non-hydrogen) atoms. The van der Waals surface area contributed by atoms with Crippen LogP contribution in [0.5, 0.6) is 11.5 Å². The van der Waals surface area contributed by atoms with E-state index in [0.29, 0.717) is 13.2 Å². The number of hydrogen-bond donors (Lipinski definition) is 1. The van der Waals surface area contributed by atoms with Gasteiger partial charge in [0.05, 0.1) is 22.1 Å². The minimum Gasteiger partial charge on any atom is -0.490 e. The highest BCUT2D eigenvalue weighted by atomic mass is 127. The van der Waals surface area contributed by atoms with Crippen LogP contribution in [0.1, 0.15) is 31.0 Å². The highest BCUT2D eigenvalue weighted by molar-refractivity contribution is 14.1. The van der Waals surface area contributed by atoms with Crippen molar-refractivity contribution in [1.82, 2.24) is 0 Å². The molecule has 0 spiro atoms. The lowest BCUT2D eigenvalue weighted by molar-refractivity contribution is 0.287. The fourth-order valence-electron chi connectivity index (χ4n) is 1.99. The average Bonchev–Trinajstić information content (AvgIpc) is 2.88. The van der Waals surface area contributed by atoms with Crippen LogP contribution < -0.4 is 15.2 Å². The van der Waals surface area contributed by atoms with Crippen LogP contribution in [-0.4, -0.2) is 13.2 Å². The Bertz CT molecular complexity index is 618. The van der Waals surface area contributed by atoms with Gasteiger partial charge in [-0.15, -0.1) is 11.3 Å². The van der Waals surface area contributed by atoms with Crippen molar-refractivity contribution < 1.29 is 9.47 Å². The summed E-state index contributed by atoms with van der Waals surface area (Å²) in [6.07, 6.45) is 0. The number of halogens is 2. The Morgan fingerprint density at radius 3 is 2.33 bits per heavy atom. The molecule has 0 bridgehead atoms. The number of hydrogen-bond acceptors (Lipinski definition) is 4. The predicted molar refractivity (Wildman–Crippen MR) is 99.5 cm³/mol. The summed E-state index contributed by atoms with van der Waals surface area (Å²) in [4.78, 5) is 0. The Morgan fingerprint density at radius 2 is 1.81 bits per heavy atom. The third kappa shape index (κ3) is 4.12. The van der Waals surface area contributed by atoms with Gasteiger partial charge < -0.3 is 15.2 Å². The van der Waals surface area contributed by atoms with E-state index in [2.05, 4.69) is 50.0 Å². The van der Waals surface area contributed by atoms with Crippen LogP contribution in [0.15, 0.2) is 28.1 Å². The molecule has 1 atom stereocenters. The predicted octanol–water partition coefficient (Wildman–Crippen LogP) is 4.96. The second-order valence-electron chi connectivity index (χ2n) is 4.35. The summed E-state index contributed by atoms with van der Waals surface area (Å²) in [5, 5.41) is 2.09. The van der Waals surface area contributed by atoms with Gasteiger partial charge in [0.2, 0.25) is 0 Å². The van der Waals surface area contributed by atoms with Gasteiger partial charge in [-0.1, -0.05) is 15.9 Å². The van der Waals surface area contributed by atoms with E-state index in [1.807, 2.05) is 26.0 Å². The number of nitrogens with two attached hydrogens (primary N) is 1. The van der Waals surface area contributed by atoms with Gasteiger partial charge in [0.15, 0.2) is 11.5 Å². The van der Waals surface area contributed by atoms with Gasteiger partial charge in [0, 0.05) is 4.47 Å². The van der Waals surface area contributed by atoms with E-state index >= 15 is 0 Å². The first-order valence-electron chi connectivity index (χ1n) is 6.65. The second kappa shape index (κ2) is 7.80. The molecule has 0 radical (unpaired) electrons. The Labute approximate surface area is 151 Å². The SMILES string of the molecule is CCOc1cc(Br)c(C(N)c2csc(I)c2)cc1OCC. The monoisotopic (exact) mass is 481 g/mol. The van der Waals surface area contributed by atoms with E-state index in [1.165, 1.54) is 2.88 Å². The fraction of sp³-hybridized carbons (Fsp3) is 0.333. The third-order valence-electron chi connectivity index (χ3n) is 2.94. The molecule has 2 N–H and O–H groups in total. The Morgan fingerprint density at radius 1 is 1.19 bits per heavy atom. The number of rotatable bonds is 6. The molecule has 6 heteroatoms. The maximum atomic E-state index is 6.40. The lowest BCUT2D eigenvalue weighted by atomic mass is 10.0. The zero-order valence-electron chi connectivity index (χ0n) is 11.9. The van der Waals surface area contributed by atoms with E-state index < -0.39 is 0 Å². The summed E-state index contributed by atoms with van der Waals surface area (Å²) in [6, 6.07) is 5.82. The van der Waals surface area contributed by atoms with Crippen LogP contribution in [0.4, 0.5) is 0 Å². The lowest BCUT2D eigenvalue weighted by Crippen LogP contribution is -2.12. The van der Waals surface area contributed by atoms with E-state index in [0.717, 1.165) is 27.1 Å². The average molecular weight is 482 g/mol.